The first kappa shape index (κ1) is 22.4. The Morgan fingerprint density at radius 2 is 1.80 bits per heavy atom. The van der Waals surface area contributed by atoms with E-state index in [0.29, 0.717) is 5.56 Å². The minimum absolute atomic E-state index is 0.267. The number of nitrogens with one attached hydrogen (secondary N) is 1. The number of nitrogens with zero attached hydrogens (tertiary/aromatic N) is 2. The van der Waals surface area contributed by atoms with Crippen molar-refractivity contribution in [1.82, 2.24) is 9.88 Å². The normalized spacial score (nSPS) is 11.9. The molecular weight excluding hydrogens is 386 g/mol. The highest BCUT2D eigenvalue weighted by Crippen LogP contribution is 2.23. The Kier molecular flexibility index (Phi) is 7.15. The van der Waals surface area contributed by atoms with Crippen molar-refractivity contribution in [3.8, 4) is 11.8 Å². The Labute approximate surface area is 174 Å². The van der Waals surface area contributed by atoms with Gasteiger partial charge in [-0.3, -0.25) is 10.1 Å². The van der Waals surface area contributed by atoms with Crippen LogP contribution in [0, 0.1) is 32.1 Å². The van der Waals surface area contributed by atoms with E-state index in [0.717, 1.165) is 29.7 Å². The van der Waals surface area contributed by atoms with E-state index < -0.39 is 24.1 Å². The molecule has 0 spiro atoms. The number of hydrogen-bond acceptors (Lipinski definition) is 6. The number of carbonyl (C=O) groups is 3. The summed E-state index contributed by atoms with van der Waals surface area (Å²) in [6, 6.07) is 11.6. The highest BCUT2D eigenvalue weighted by atomic mass is 16.6. The smallest absolute Gasteiger partial charge is 0.413 e. The number of amides is 2. The van der Waals surface area contributed by atoms with Crippen LogP contribution < -0.4 is 5.32 Å². The molecule has 1 heterocycles. The fraction of sp³-hybridized carbons (Fsp3) is 0.273. The molecule has 0 saturated heterocycles. The summed E-state index contributed by atoms with van der Waals surface area (Å²) in [4.78, 5) is 35.2. The molecule has 2 aromatic rings. The summed E-state index contributed by atoms with van der Waals surface area (Å²) in [6.07, 6.45) is -0.837. The van der Waals surface area contributed by atoms with E-state index in [1.807, 2.05) is 61.0 Å². The zero-order valence-electron chi connectivity index (χ0n) is 17.5. The highest BCUT2D eigenvalue weighted by molar-refractivity contribution is 6.00. The molecule has 0 bridgehead atoms. The first-order valence-corrected chi connectivity index (χ1v) is 9.15. The molecule has 0 saturated carbocycles. The third-order valence-electron chi connectivity index (χ3n) is 4.47. The lowest BCUT2D eigenvalue weighted by molar-refractivity contribution is -0.150. The topological polar surface area (TPSA) is 110 Å². The molecule has 0 fully saturated rings. The van der Waals surface area contributed by atoms with Crippen LogP contribution in [0.2, 0.25) is 0 Å². The van der Waals surface area contributed by atoms with Crippen molar-refractivity contribution in [3.63, 3.8) is 0 Å². The van der Waals surface area contributed by atoms with Crippen molar-refractivity contribution < 1.29 is 23.9 Å². The molecule has 0 radical (unpaired) electrons. The van der Waals surface area contributed by atoms with Gasteiger partial charge in [-0.25, -0.2) is 9.59 Å². The Balaban J connectivity index is 2.26. The van der Waals surface area contributed by atoms with Crippen molar-refractivity contribution in [2.24, 2.45) is 0 Å². The van der Waals surface area contributed by atoms with Gasteiger partial charge in [-0.05, 0) is 57.5 Å². The predicted molar refractivity (Wildman–Crippen MR) is 110 cm³/mol. The van der Waals surface area contributed by atoms with Gasteiger partial charge in [-0.2, -0.15) is 5.26 Å². The van der Waals surface area contributed by atoms with Crippen LogP contribution in [0.5, 0.6) is 0 Å². The molecule has 2 rings (SSSR count). The third-order valence-corrected chi connectivity index (χ3v) is 4.47. The Hall–Kier alpha value is -3.86. The van der Waals surface area contributed by atoms with Crippen molar-refractivity contribution in [3.05, 3.63) is 58.4 Å². The number of esters is 1. The lowest BCUT2D eigenvalue weighted by Gasteiger charge is -2.12. The molecule has 1 aromatic heterocycles. The van der Waals surface area contributed by atoms with Crippen LogP contribution in [0.4, 0.5) is 4.79 Å². The summed E-state index contributed by atoms with van der Waals surface area (Å²) < 4.78 is 11.3. The van der Waals surface area contributed by atoms with Gasteiger partial charge in [0, 0.05) is 17.1 Å². The molecule has 30 heavy (non-hydrogen) atoms. The second kappa shape index (κ2) is 9.56. The monoisotopic (exact) mass is 409 g/mol. The van der Waals surface area contributed by atoms with Crippen LogP contribution >= 0.6 is 0 Å². The zero-order valence-corrected chi connectivity index (χ0v) is 17.5. The maximum absolute atomic E-state index is 12.3. The third kappa shape index (κ3) is 5.14. The molecule has 8 nitrogen and oxygen atoms in total. The van der Waals surface area contributed by atoms with Gasteiger partial charge < -0.3 is 14.0 Å². The quantitative estimate of drug-likeness (QED) is 0.461. The first-order valence-electron chi connectivity index (χ1n) is 9.15. The number of benzene rings is 1. The minimum Gasteiger partial charge on any atom is -0.453 e. The van der Waals surface area contributed by atoms with Crippen LogP contribution in [0.1, 0.15) is 29.4 Å². The summed E-state index contributed by atoms with van der Waals surface area (Å²) in [5, 5.41) is 11.3. The van der Waals surface area contributed by atoms with Gasteiger partial charge >= 0.3 is 12.1 Å². The second-order valence-electron chi connectivity index (χ2n) is 6.70. The lowest BCUT2D eigenvalue weighted by atomic mass is 10.1. The molecule has 1 N–H and O–H groups in total. The van der Waals surface area contributed by atoms with E-state index in [9.17, 15) is 19.6 Å². The molecule has 0 aliphatic carbocycles. The van der Waals surface area contributed by atoms with Crippen molar-refractivity contribution in [1.29, 1.82) is 5.26 Å². The molecule has 1 atom stereocenters. The standard InChI is InChI=1S/C22H23N3O5/c1-13-6-8-19(9-7-13)25-14(2)10-17(15(25)3)11-18(12-23)21(27)30-16(4)20(26)24-22(28)29-5/h6-11,16H,1-5H3,(H,24,26,28)/b18-11+/t16-/m1/s1. The Morgan fingerprint density at radius 3 is 2.37 bits per heavy atom. The summed E-state index contributed by atoms with van der Waals surface area (Å²) in [5.41, 5.74) is 4.28. The van der Waals surface area contributed by atoms with Crippen molar-refractivity contribution >= 4 is 24.0 Å². The number of hydrogen-bond donors (Lipinski definition) is 1. The summed E-state index contributed by atoms with van der Waals surface area (Å²) in [6.45, 7) is 7.10. The number of aromatic nitrogens is 1. The van der Waals surface area contributed by atoms with Crippen LogP contribution in [-0.4, -0.2) is 35.8 Å². The predicted octanol–water partition coefficient (Wildman–Crippen LogP) is 3.12. The average Bonchev–Trinajstić information content (AvgIpc) is 2.99. The number of rotatable bonds is 5. The van der Waals surface area contributed by atoms with Crippen LogP contribution in [0.25, 0.3) is 11.8 Å². The van der Waals surface area contributed by atoms with Gasteiger partial charge in [-0.1, -0.05) is 17.7 Å². The van der Waals surface area contributed by atoms with Crippen LogP contribution in [0.3, 0.4) is 0 Å². The van der Waals surface area contributed by atoms with Gasteiger partial charge in [-0.15, -0.1) is 0 Å². The summed E-state index contributed by atoms with van der Waals surface area (Å²) in [7, 11) is 1.10. The maximum atomic E-state index is 12.3. The lowest BCUT2D eigenvalue weighted by Crippen LogP contribution is -2.39. The molecular formula is C22H23N3O5. The van der Waals surface area contributed by atoms with Gasteiger partial charge in [0.05, 0.1) is 7.11 Å². The molecule has 8 heteroatoms. The summed E-state index contributed by atoms with van der Waals surface area (Å²) in [5.74, 6) is -1.82. The Morgan fingerprint density at radius 1 is 1.17 bits per heavy atom. The molecule has 2 amide bonds. The molecule has 1 aromatic carbocycles. The molecule has 0 aliphatic rings. The fourth-order valence-corrected chi connectivity index (χ4v) is 2.85. The number of aryl methyl sites for hydroxylation is 2. The number of nitriles is 1. The highest BCUT2D eigenvalue weighted by Gasteiger charge is 2.23. The SMILES string of the molecule is COC(=O)NC(=O)[C@@H](C)OC(=O)/C(C#N)=C/c1cc(C)n(-c2ccc(C)cc2)c1C. The number of carbonyl (C=O) groups excluding carboxylic acids is 3. The molecule has 0 unspecified atom stereocenters. The van der Waals surface area contributed by atoms with E-state index in [-0.39, 0.29) is 5.57 Å². The van der Waals surface area contributed by atoms with E-state index in [1.54, 1.807) is 6.07 Å². The van der Waals surface area contributed by atoms with E-state index in [4.69, 9.17) is 4.74 Å². The second-order valence-corrected chi connectivity index (χ2v) is 6.70. The first-order chi connectivity index (χ1) is 14.2. The van der Waals surface area contributed by atoms with Crippen molar-refractivity contribution in [2.75, 3.05) is 7.11 Å². The average molecular weight is 409 g/mol. The zero-order chi connectivity index (χ0) is 22.4. The Bertz CT molecular complexity index is 1040. The van der Waals surface area contributed by atoms with Crippen molar-refractivity contribution in [2.45, 2.75) is 33.8 Å². The van der Waals surface area contributed by atoms with Gasteiger partial charge in [0.2, 0.25) is 0 Å². The van der Waals surface area contributed by atoms with Crippen LogP contribution in [-0.2, 0) is 19.1 Å². The van der Waals surface area contributed by atoms with Gasteiger partial charge in [0.1, 0.15) is 11.6 Å². The molecule has 156 valence electrons. The largest absolute Gasteiger partial charge is 0.453 e. The minimum atomic E-state index is -1.28. The van der Waals surface area contributed by atoms with Gasteiger partial charge in [0.15, 0.2) is 6.10 Å². The number of ether oxygens (including phenoxy) is 2. The molecule has 0 aliphatic heterocycles. The van der Waals surface area contributed by atoms with Crippen LogP contribution in [0.15, 0.2) is 35.9 Å². The number of imide groups is 1. The maximum Gasteiger partial charge on any atom is 0.413 e. The number of alkyl carbamates (subject to hydrolysis) is 1. The van der Waals surface area contributed by atoms with E-state index >= 15 is 0 Å². The summed E-state index contributed by atoms with van der Waals surface area (Å²) >= 11 is 0. The van der Waals surface area contributed by atoms with Gasteiger partial charge in [0.25, 0.3) is 5.91 Å². The van der Waals surface area contributed by atoms with E-state index in [1.165, 1.54) is 13.0 Å². The number of methoxy groups -OCH3 is 1. The van der Waals surface area contributed by atoms with E-state index in [2.05, 4.69) is 4.74 Å². The fourth-order valence-electron chi connectivity index (χ4n) is 2.85.